The molecule has 4 bridgehead atoms. The molecular formula is C22H28N2S. The van der Waals surface area contributed by atoms with E-state index >= 15 is 0 Å². The number of aryl methyl sites for hydroxylation is 1. The highest BCUT2D eigenvalue weighted by Gasteiger charge is 2.52. The van der Waals surface area contributed by atoms with Gasteiger partial charge in [0.15, 0.2) is 0 Å². The third-order valence-corrected chi connectivity index (χ3v) is 8.07. The molecule has 0 spiro atoms. The van der Waals surface area contributed by atoms with Gasteiger partial charge in [0.1, 0.15) is 5.01 Å². The van der Waals surface area contributed by atoms with Gasteiger partial charge in [0.25, 0.3) is 0 Å². The first-order valence-electron chi connectivity index (χ1n) is 9.83. The fourth-order valence-electron chi connectivity index (χ4n) is 6.26. The van der Waals surface area contributed by atoms with Crippen LogP contribution >= 0.6 is 11.3 Å². The van der Waals surface area contributed by atoms with Gasteiger partial charge in [0.05, 0.1) is 5.69 Å². The SMILES string of the molecule is Cc1ccccc1-c1nc(CN(C)C23CC4CC(CC(C4)C2)C3)cs1. The van der Waals surface area contributed by atoms with E-state index in [1.165, 1.54) is 60.4 Å². The summed E-state index contributed by atoms with van der Waals surface area (Å²) < 4.78 is 0. The maximum Gasteiger partial charge on any atom is 0.123 e. The lowest BCUT2D eigenvalue weighted by Gasteiger charge is -2.60. The Morgan fingerprint density at radius 3 is 2.36 bits per heavy atom. The number of thiazole rings is 1. The molecule has 0 atom stereocenters. The molecule has 0 saturated heterocycles. The van der Waals surface area contributed by atoms with E-state index < -0.39 is 0 Å². The Morgan fingerprint density at radius 2 is 1.72 bits per heavy atom. The van der Waals surface area contributed by atoms with Crippen LogP contribution in [0, 0.1) is 24.7 Å². The lowest BCUT2D eigenvalue weighted by atomic mass is 9.52. The number of hydrogen-bond acceptors (Lipinski definition) is 3. The summed E-state index contributed by atoms with van der Waals surface area (Å²) in [5.41, 5.74) is 4.33. The molecule has 0 N–H and O–H groups in total. The molecule has 132 valence electrons. The van der Waals surface area contributed by atoms with Gasteiger partial charge < -0.3 is 0 Å². The van der Waals surface area contributed by atoms with Crippen LogP contribution in [0.25, 0.3) is 10.6 Å². The van der Waals surface area contributed by atoms with Crippen LogP contribution in [0.5, 0.6) is 0 Å². The van der Waals surface area contributed by atoms with Crippen molar-refractivity contribution >= 4 is 11.3 Å². The second-order valence-electron chi connectivity index (χ2n) is 8.96. The minimum atomic E-state index is 0.473. The summed E-state index contributed by atoms with van der Waals surface area (Å²) in [6.45, 7) is 3.19. The average Bonchev–Trinajstić information content (AvgIpc) is 3.02. The summed E-state index contributed by atoms with van der Waals surface area (Å²) in [4.78, 5) is 7.66. The maximum absolute atomic E-state index is 4.99. The number of rotatable bonds is 4. The predicted molar refractivity (Wildman–Crippen MR) is 105 cm³/mol. The highest BCUT2D eigenvalue weighted by atomic mass is 32.1. The van der Waals surface area contributed by atoms with Crippen molar-refractivity contribution in [1.82, 2.24) is 9.88 Å². The quantitative estimate of drug-likeness (QED) is 0.720. The Bertz CT molecular complexity index is 743. The van der Waals surface area contributed by atoms with Crippen LogP contribution in [-0.2, 0) is 6.54 Å². The Kier molecular flexibility index (Phi) is 3.79. The fourth-order valence-corrected chi connectivity index (χ4v) is 7.16. The zero-order valence-electron chi connectivity index (χ0n) is 15.4. The molecule has 1 aromatic carbocycles. The monoisotopic (exact) mass is 352 g/mol. The van der Waals surface area contributed by atoms with E-state index in [1.807, 2.05) is 0 Å². The molecule has 0 aliphatic heterocycles. The van der Waals surface area contributed by atoms with E-state index in [4.69, 9.17) is 4.98 Å². The summed E-state index contributed by atoms with van der Waals surface area (Å²) in [5.74, 6) is 3.02. The average molecular weight is 353 g/mol. The minimum absolute atomic E-state index is 0.473. The smallest absolute Gasteiger partial charge is 0.123 e. The molecule has 1 aromatic heterocycles. The second-order valence-corrected chi connectivity index (χ2v) is 9.81. The molecule has 1 heterocycles. The Balaban J connectivity index is 1.35. The first-order valence-corrected chi connectivity index (χ1v) is 10.7. The molecule has 4 aliphatic carbocycles. The molecule has 0 radical (unpaired) electrons. The van der Waals surface area contributed by atoms with E-state index in [9.17, 15) is 0 Å². The summed E-state index contributed by atoms with van der Waals surface area (Å²) in [6.07, 6.45) is 8.85. The van der Waals surface area contributed by atoms with Crippen molar-refractivity contribution in [3.8, 4) is 10.6 Å². The zero-order chi connectivity index (χ0) is 17.0. The van der Waals surface area contributed by atoms with Crippen molar-refractivity contribution in [2.75, 3.05) is 7.05 Å². The second kappa shape index (κ2) is 5.92. The highest BCUT2D eigenvalue weighted by molar-refractivity contribution is 7.13. The number of hydrogen-bond donors (Lipinski definition) is 0. The van der Waals surface area contributed by atoms with Crippen molar-refractivity contribution in [3.05, 3.63) is 40.9 Å². The number of benzene rings is 1. The van der Waals surface area contributed by atoms with Gasteiger partial charge in [0.2, 0.25) is 0 Å². The molecule has 25 heavy (non-hydrogen) atoms. The van der Waals surface area contributed by atoms with Crippen LogP contribution < -0.4 is 0 Å². The van der Waals surface area contributed by atoms with Crippen molar-refractivity contribution in [2.45, 2.75) is 57.5 Å². The first-order chi connectivity index (χ1) is 12.1. The van der Waals surface area contributed by atoms with Gasteiger partial charge in [-0.2, -0.15) is 0 Å². The Hall–Kier alpha value is -1.19. The molecule has 3 heteroatoms. The predicted octanol–water partition coefficient (Wildman–Crippen LogP) is 5.52. The minimum Gasteiger partial charge on any atom is -0.295 e. The van der Waals surface area contributed by atoms with Gasteiger partial charge in [-0.3, -0.25) is 4.90 Å². The third-order valence-electron chi connectivity index (χ3n) is 7.14. The maximum atomic E-state index is 4.99. The van der Waals surface area contributed by atoms with Crippen molar-refractivity contribution in [2.24, 2.45) is 17.8 Å². The van der Waals surface area contributed by atoms with Crippen LogP contribution in [0.1, 0.15) is 49.8 Å². The Labute approximate surface area is 155 Å². The zero-order valence-corrected chi connectivity index (χ0v) is 16.2. The van der Waals surface area contributed by atoms with E-state index in [0.717, 1.165) is 24.3 Å². The van der Waals surface area contributed by atoms with Crippen LogP contribution in [0.3, 0.4) is 0 Å². The van der Waals surface area contributed by atoms with Gasteiger partial charge in [0, 0.05) is 23.0 Å². The summed E-state index contributed by atoms with van der Waals surface area (Å²) in [5, 5.41) is 3.45. The normalized spacial score (nSPS) is 33.3. The van der Waals surface area contributed by atoms with E-state index in [-0.39, 0.29) is 0 Å². The molecule has 0 amide bonds. The van der Waals surface area contributed by atoms with Crippen LogP contribution in [0.4, 0.5) is 0 Å². The third kappa shape index (κ3) is 2.76. The molecule has 4 aliphatic rings. The van der Waals surface area contributed by atoms with Crippen molar-refractivity contribution in [1.29, 1.82) is 0 Å². The molecule has 4 saturated carbocycles. The Morgan fingerprint density at radius 1 is 1.08 bits per heavy atom. The van der Waals surface area contributed by atoms with Gasteiger partial charge in [-0.15, -0.1) is 11.3 Å². The lowest BCUT2D eigenvalue weighted by molar-refractivity contribution is -0.0824. The highest BCUT2D eigenvalue weighted by Crippen LogP contribution is 2.57. The molecule has 6 rings (SSSR count). The summed E-state index contributed by atoms with van der Waals surface area (Å²) >= 11 is 1.80. The van der Waals surface area contributed by atoms with Gasteiger partial charge in [-0.1, -0.05) is 24.3 Å². The number of aromatic nitrogens is 1. The summed E-state index contributed by atoms with van der Waals surface area (Å²) in [7, 11) is 2.36. The van der Waals surface area contributed by atoms with E-state index in [0.29, 0.717) is 5.54 Å². The van der Waals surface area contributed by atoms with E-state index in [2.05, 4.69) is 48.5 Å². The molecule has 2 aromatic rings. The fraction of sp³-hybridized carbons (Fsp3) is 0.591. The standard InChI is InChI=1S/C22H28N2S/c1-15-5-3-4-6-20(15)21-23-19(14-25-21)13-24(2)22-10-16-7-17(11-22)9-18(8-16)12-22/h3-6,14,16-18H,7-13H2,1-2H3. The van der Waals surface area contributed by atoms with Crippen molar-refractivity contribution < 1.29 is 0 Å². The van der Waals surface area contributed by atoms with E-state index in [1.54, 1.807) is 11.3 Å². The van der Waals surface area contributed by atoms with Crippen LogP contribution in [0.2, 0.25) is 0 Å². The van der Waals surface area contributed by atoms with Crippen LogP contribution in [0.15, 0.2) is 29.6 Å². The van der Waals surface area contributed by atoms with Gasteiger partial charge >= 0.3 is 0 Å². The molecular weight excluding hydrogens is 324 g/mol. The first kappa shape index (κ1) is 16.0. The lowest BCUT2D eigenvalue weighted by Crippen LogP contribution is -2.58. The van der Waals surface area contributed by atoms with Crippen molar-refractivity contribution in [3.63, 3.8) is 0 Å². The molecule has 4 fully saturated rings. The largest absolute Gasteiger partial charge is 0.295 e. The molecule has 0 unspecified atom stereocenters. The topological polar surface area (TPSA) is 16.1 Å². The van der Waals surface area contributed by atoms with Gasteiger partial charge in [-0.25, -0.2) is 4.98 Å². The molecule has 2 nitrogen and oxygen atoms in total. The summed E-state index contributed by atoms with van der Waals surface area (Å²) in [6, 6.07) is 8.60. The van der Waals surface area contributed by atoms with Crippen LogP contribution in [-0.4, -0.2) is 22.5 Å². The van der Waals surface area contributed by atoms with Gasteiger partial charge in [-0.05, 0) is 75.8 Å². The number of nitrogens with zero attached hydrogens (tertiary/aromatic N) is 2.